The average Bonchev–Trinajstić information content (AvgIpc) is 2.50. The van der Waals surface area contributed by atoms with Gasteiger partial charge < -0.3 is 11.1 Å². The Morgan fingerprint density at radius 3 is 2.40 bits per heavy atom. The third kappa shape index (κ3) is 3.33. The summed E-state index contributed by atoms with van der Waals surface area (Å²) in [6.45, 7) is 3.00. The van der Waals surface area contributed by atoms with Gasteiger partial charge in [0.2, 0.25) is 0 Å². The van der Waals surface area contributed by atoms with E-state index in [4.69, 9.17) is 5.73 Å². The number of benzene rings is 1. The zero-order valence-electron chi connectivity index (χ0n) is 11.4. The highest BCUT2D eigenvalue weighted by Crippen LogP contribution is 2.15. The van der Waals surface area contributed by atoms with Gasteiger partial charge in [0.15, 0.2) is 0 Å². The first-order chi connectivity index (χ1) is 9.74. The Morgan fingerprint density at radius 1 is 1.20 bits per heavy atom. The van der Waals surface area contributed by atoms with Crippen molar-refractivity contribution >= 4 is 17.4 Å². The molecular formula is C15H18N4O. The Hall–Kier alpha value is -2.40. The molecule has 1 aromatic carbocycles. The summed E-state index contributed by atoms with van der Waals surface area (Å²) in [4.78, 5) is 17.9. The molecule has 3 N–H and O–H groups in total. The minimum Gasteiger partial charge on any atom is -0.326 e. The fourth-order valence-corrected chi connectivity index (χ4v) is 1.88. The van der Waals surface area contributed by atoms with Gasteiger partial charge in [0.25, 0.3) is 0 Å². The van der Waals surface area contributed by atoms with Crippen LogP contribution in [0.25, 0.3) is 0 Å². The van der Waals surface area contributed by atoms with Crippen molar-refractivity contribution in [1.29, 1.82) is 0 Å². The van der Waals surface area contributed by atoms with Crippen LogP contribution in [0.2, 0.25) is 0 Å². The summed E-state index contributed by atoms with van der Waals surface area (Å²) < 4.78 is 0. The molecule has 0 atom stereocenters. The fraction of sp³-hybridized carbons (Fsp3) is 0.200. The van der Waals surface area contributed by atoms with Gasteiger partial charge in [-0.15, -0.1) is 0 Å². The van der Waals surface area contributed by atoms with E-state index >= 15 is 0 Å². The first kappa shape index (κ1) is 14.0. The fourth-order valence-electron chi connectivity index (χ4n) is 1.88. The summed E-state index contributed by atoms with van der Waals surface area (Å²) in [5, 5.41) is 2.87. The number of carbonyl (C=O) groups excluding carboxylic acids is 1. The Bertz CT molecular complexity index is 554. The molecule has 0 saturated heterocycles. The number of urea groups is 1. The second-order valence-electron chi connectivity index (χ2n) is 4.28. The van der Waals surface area contributed by atoms with E-state index in [-0.39, 0.29) is 6.03 Å². The topological polar surface area (TPSA) is 71.2 Å². The van der Waals surface area contributed by atoms with Crippen molar-refractivity contribution in [2.45, 2.75) is 13.5 Å². The number of nitrogens with one attached hydrogen (secondary N) is 1. The first-order valence-corrected chi connectivity index (χ1v) is 6.52. The maximum Gasteiger partial charge on any atom is 0.326 e. The van der Waals surface area contributed by atoms with Gasteiger partial charge in [-0.25, -0.2) is 4.79 Å². The smallest absolute Gasteiger partial charge is 0.326 e. The van der Waals surface area contributed by atoms with Crippen molar-refractivity contribution in [3.05, 3.63) is 54.4 Å². The van der Waals surface area contributed by atoms with Crippen LogP contribution in [0.5, 0.6) is 0 Å². The van der Waals surface area contributed by atoms with Gasteiger partial charge >= 0.3 is 6.03 Å². The average molecular weight is 270 g/mol. The summed E-state index contributed by atoms with van der Waals surface area (Å²) in [6, 6.07) is 10.9. The monoisotopic (exact) mass is 270 g/mol. The number of nitrogens with two attached hydrogens (primary N) is 1. The van der Waals surface area contributed by atoms with E-state index in [0.29, 0.717) is 13.1 Å². The molecule has 0 spiro atoms. The van der Waals surface area contributed by atoms with Crippen molar-refractivity contribution < 1.29 is 4.79 Å². The lowest BCUT2D eigenvalue weighted by atomic mass is 10.2. The molecule has 2 rings (SSSR count). The van der Waals surface area contributed by atoms with Crippen LogP contribution in [0.15, 0.2) is 48.8 Å². The molecule has 0 radical (unpaired) electrons. The first-order valence-electron chi connectivity index (χ1n) is 6.52. The number of hydrogen-bond acceptors (Lipinski definition) is 3. The lowest BCUT2D eigenvalue weighted by Gasteiger charge is -2.21. The third-order valence-electron chi connectivity index (χ3n) is 2.98. The number of aromatic nitrogens is 1. The van der Waals surface area contributed by atoms with Crippen LogP contribution in [0.3, 0.4) is 0 Å². The molecule has 5 nitrogen and oxygen atoms in total. The molecule has 0 aliphatic carbocycles. The van der Waals surface area contributed by atoms with Gasteiger partial charge in [0.1, 0.15) is 0 Å². The largest absolute Gasteiger partial charge is 0.326 e. The van der Waals surface area contributed by atoms with Crippen LogP contribution < -0.4 is 16.0 Å². The van der Waals surface area contributed by atoms with Gasteiger partial charge in [-0.3, -0.25) is 9.88 Å². The highest BCUT2D eigenvalue weighted by molar-refractivity contribution is 6.01. The van der Waals surface area contributed by atoms with Crippen LogP contribution in [-0.2, 0) is 6.54 Å². The summed E-state index contributed by atoms with van der Waals surface area (Å²) >= 11 is 0. The van der Waals surface area contributed by atoms with Crippen LogP contribution in [0, 0.1) is 0 Å². The van der Waals surface area contributed by atoms with Gasteiger partial charge in [-0.1, -0.05) is 12.1 Å². The maximum absolute atomic E-state index is 12.3. The second kappa shape index (κ2) is 6.68. The standard InChI is InChI=1S/C15H18N4O/c1-2-19(14-7-9-17-10-8-14)15(20)18-13-5-3-12(11-16)4-6-13/h3-10H,2,11,16H2,1H3,(H,18,20). The zero-order chi connectivity index (χ0) is 14.4. The number of nitrogens with zero attached hydrogens (tertiary/aromatic N) is 2. The summed E-state index contributed by atoms with van der Waals surface area (Å²) in [6.07, 6.45) is 3.34. The SMILES string of the molecule is CCN(C(=O)Nc1ccc(CN)cc1)c1ccncc1. The van der Waals surface area contributed by atoms with Crippen LogP contribution in [0.4, 0.5) is 16.2 Å². The van der Waals surface area contributed by atoms with E-state index in [1.807, 2.05) is 31.2 Å². The Balaban J connectivity index is 2.09. The highest BCUT2D eigenvalue weighted by Gasteiger charge is 2.13. The van der Waals surface area contributed by atoms with Crippen molar-refractivity contribution in [3.63, 3.8) is 0 Å². The Labute approximate surface area is 118 Å². The third-order valence-corrected chi connectivity index (χ3v) is 2.98. The Kier molecular flexibility index (Phi) is 4.68. The van der Waals surface area contributed by atoms with Crippen LogP contribution in [0.1, 0.15) is 12.5 Å². The minimum absolute atomic E-state index is 0.167. The summed E-state index contributed by atoms with van der Waals surface area (Å²) in [5.41, 5.74) is 8.15. The number of pyridine rings is 1. The van der Waals surface area contributed by atoms with E-state index in [1.54, 1.807) is 29.4 Å². The Morgan fingerprint density at radius 2 is 1.85 bits per heavy atom. The predicted octanol–water partition coefficient (Wildman–Crippen LogP) is 2.60. The number of anilines is 2. The molecular weight excluding hydrogens is 252 g/mol. The van der Waals surface area contributed by atoms with Crippen molar-refractivity contribution in [3.8, 4) is 0 Å². The highest BCUT2D eigenvalue weighted by atomic mass is 16.2. The summed E-state index contributed by atoms with van der Waals surface area (Å²) in [5.74, 6) is 0. The molecule has 2 amide bonds. The van der Waals surface area contributed by atoms with Crippen LogP contribution >= 0.6 is 0 Å². The number of carbonyl (C=O) groups is 1. The van der Waals surface area contributed by atoms with Gasteiger partial charge in [-0.2, -0.15) is 0 Å². The lowest BCUT2D eigenvalue weighted by Crippen LogP contribution is -2.34. The van der Waals surface area contributed by atoms with E-state index in [0.717, 1.165) is 16.9 Å². The second-order valence-corrected chi connectivity index (χ2v) is 4.28. The molecule has 104 valence electrons. The molecule has 2 aromatic rings. The zero-order valence-corrected chi connectivity index (χ0v) is 11.4. The summed E-state index contributed by atoms with van der Waals surface area (Å²) in [7, 11) is 0. The molecule has 20 heavy (non-hydrogen) atoms. The number of hydrogen-bond donors (Lipinski definition) is 2. The molecule has 0 fully saturated rings. The molecule has 0 saturated carbocycles. The molecule has 1 aromatic heterocycles. The molecule has 0 aliphatic rings. The van der Waals surface area contributed by atoms with Crippen molar-refractivity contribution in [2.24, 2.45) is 5.73 Å². The van der Waals surface area contributed by atoms with E-state index in [1.165, 1.54) is 0 Å². The van der Waals surface area contributed by atoms with E-state index in [9.17, 15) is 4.79 Å². The van der Waals surface area contributed by atoms with E-state index < -0.39 is 0 Å². The number of rotatable bonds is 4. The predicted molar refractivity (Wildman–Crippen MR) is 80.6 cm³/mol. The van der Waals surface area contributed by atoms with Gasteiger partial charge in [0.05, 0.1) is 0 Å². The van der Waals surface area contributed by atoms with Crippen LogP contribution in [-0.4, -0.2) is 17.6 Å². The quantitative estimate of drug-likeness (QED) is 0.897. The lowest BCUT2D eigenvalue weighted by molar-refractivity contribution is 0.257. The molecule has 0 unspecified atom stereocenters. The normalized spacial score (nSPS) is 10.1. The maximum atomic E-state index is 12.3. The molecule has 5 heteroatoms. The molecule has 1 heterocycles. The van der Waals surface area contributed by atoms with Crippen molar-refractivity contribution in [1.82, 2.24) is 4.98 Å². The van der Waals surface area contributed by atoms with Crippen molar-refractivity contribution in [2.75, 3.05) is 16.8 Å². The molecule has 0 aliphatic heterocycles. The van der Waals surface area contributed by atoms with E-state index in [2.05, 4.69) is 10.3 Å². The van der Waals surface area contributed by atoms with Gasteiger partial charge in [0, 0.05) is 36.9 Å². The number of amides is 2. The van der Waals surface area contributed by atoms with Gasteiger partial charge in [-0.05, 0) is 36.8 Å². The minimum atomic E-state index is -0.167. The molecule has 0 bridgehead atoms.